The fraction of sp³-hybridized carbons (Fsp3) is 1.00. The van der Waals surface area contributed by atoms with Crippen molar-refractivity contribution in [3.8, 4) is 0 Å². The van der Waals surface area contributed by atoms with Crippen LogP contribution in [0.2, 0.25) is 0 Å². The van der Waals surface area contributed by atoms with Crippen LogP contribution < -0.4 is 15.2 Å². The molecular formula is C8H20ClN3O2S. The highest BCUT2D eigenvalue weighted by atomic mass is 35.5. The number of halogens is 1. The molecule has 0 aliphatic heterocycles. The summed E-state index contributed by atoms with van der Waals surface area (Å²) in [6.07, 6.45) is 3.48. The molecule has 1 aliphatic rings. The molecule has 92 valence electrons. The van der Waals surface area contributed by atoms with Crippen LogP contribution >= 0.6 is 12.4 Å². The molecule has 4 N–H and O–H groups in total. The van der Waals surface area contributed by atoms with Gasteiger partial charge in [0.15, 0.2) is 0 Å². The van der Waals surface area contributed by atoms with Gasteiger partial charge in [-0.2, -0.15) is 13.1 Å². The lowest BCUT2D eigenvalue weighted by Gasteiger charge is -2.26. The van der Waals surface area contributed by atoms with Crippen LogP contribution in [0.5, 0.6) is 0 Å². The first-order valence-electron chi connectivity index (χ1n) is 5.06. The van der Waals surface area contributed by atoms with E-state index in [4.69, 9.17) is 5.73 Å². The summed E-state index contributed by atoms with van der Waals surface area (Å²) in [7, 11) is -3.29. The fourth-order valence-corrected chi connectivity index (χ4v) is 2.83. The van der Waals surface area contributed by atoms with Gasteiger partial charge in [-0.3, -0.25) is 0 Å². The molecule has 0 saturated heterocycles. The Labute approximate surface area is 97.8 Å². The molecule has 7 heteroatoms. The van der Waals surface area contributed by atoms with Gasteiger partial charge in [-0.05, 0) is 25.7 Å². The Kier molecular flexibility index (Phi) is 6.70. The van der Waals surface area contributed by atoms with E-state index in [1.807, 2.05) is 0 Å². The Bertz CT molecular complexity index is 263. The van der Waals surface area contributed by atoms with Gasteiger partial charge in [0, 0.05) is 18.6 Å². The van der Waals surface area contributed by atoms with Crippen LogP contribution in [-0.4, -0.2) is 27.0 Å². The molecule has 1 fully saturated rings. The van der Waals surface area contributed by atoms with E-state index >= 15 is 0 Å². The van der Waals surface area contributed by atoms with Crippen molar-refractivity contribution >= 4 is 22.6 Å². The van der Waals surface area contributed by atoms with Crippen LogP contribution in [0, 0.1) is 0 Å². The largest absolute Gasteiger partial charge is 0.328 e. The maximum atomic E-state index is 11.3. The number of hydrogen-bond acceptors (Lipinski definition) is 3. The highest BCUT2D eigenvalue weighted by Crippen LogP contribution is 2.17. The SMILES string of the molecule is CCNS(=O)(=O)NC1CCC(N)CC1.Cl. The Morgan fingerprint density at radius 2 is 1.80 bits per heavy atom. The third-order valence-electron chi connectivity index (χ3n) is 2.43. The van der Waals surface area contributed by atoms with Gasteiger partial charge in [-0.1, -0.05) is 6.92 Å². The Morgan fingerprint density at radius 1 is 1.27 bits per heavy atom. The van der Waals surface area contributed by atoms with E-state index in [9.17, 15) is 8.42 Å². The normalized spacial score (nSPS) is 27.1. The molecule has 1 rings (SSSR count). The summed E-state index contributed by atoms with van der Waals surface area (Å²) in [6, 6.07) is 0.300. The lowest BCUT2D eigenvalue weighted by molar-refractivity contribution is 0.372. The second kappa shape index (κ2) is 6.65. The maximum absolute atomic E-state index is 11.3. The van der Waals surface area contributed by atoms with Crippen molar-refractivity contribution in [3.05, 3.63) is 0 Å². The summed E-state index contributed by atoms with van der Waals surface area (Å²) in [6.45, 7) is 2.18. The van der Waals surface area contributed by atoms with E-state index in [-0.39, 0.29) is 24.5 Å². The van der Waals surface area contributed by atoms with Crippen molar-refractivity contribution in [2.24, 2.45) is 5.73 Å². The van der Waals surface area contributed by atoms with Crippen molar-refractivity contribution < 1.29 is 8.42 Å². The van der Waals surface area contributed by atoms with Crippen LogP contribution in [0.1, 0.15) is 32.6 Å². The molecule has 5 nitrogen and oxygen atoms in total. The van der Waals surface area contributed by atoms with Gasteiger partial charge in [-0.25, -0.2) is 4.72 Å². The van der Waals surface area contributed by atoms with Crippen molar-refractivity contribution in [2.75, 3.05) is 6.54 Å². The first-order valence-corrected chi connectivity index (χ1v) is 6.54. The van der Waals surface area contributed by atoms with E-state index < -0.39 is 10.2 Å². The second-order valence-corrected chi connectivity index (χ2v) is 5.26. The molecule has 0 bridgehead atoms. The first kappa shape index (κ1) is 15.1. The minimum absolute atomic E-state index is 0. The van der Waals surface area contributed by atoms with Gasteiger partial charge in [0.05, 0.1) is 0 Å². The van der Waals surface area contributed by atoms with Gasteiger partial charge < -0.3 is 5.73 Å². The van der Waals surface area contributed by atoms with Crippen molar-refractivity contribution in [1.29, 1.82) is 0 Å². The molecule has 1 aliphatic carbocycles. The topological polar surface area (TPSA) is 84.2 Å². The van der Waals surface area contributed by atoms with E-state index in [1.165, 1.54) is 0 Å². The molecule has 0 aromatic carbocycles. The van der Waals surface area contributed by atoms with Crippen LogP contribution in [0.3, 0.4) is 0 Å². The third-order valence-corrected chi connectivity index (χ3v) is 3.74. The lowest BCUT2D eigenvalue weighted by Crippen LogP contribution is -2.45. The minimum atomic E-state index is -3.29. The zero-order chi connectivity index (χ0) is 10.6. The quantitative estimate of drug-likeness (QED) is 0.669. The van der Waals surface area contributed by atoms with Crippen molar-refractivity contribution in [1.82, 2.24) is 9.44 Å². The van der Waals surface area contributed by atoms with Gasteiger partial charge in [0.1, 0.15) is 0 Å². The maximum Gasteiger partial charge on any atom is 0.277 e. The molecule has 0 atom stereocenters. The summed E-state index contributed by atoms with van der Waals surface area (Å²) >= 11 is 0. The van der Waals surface area contributed by atoms with Crippen LogP contribution in [0.15, 0.2) is 0 Å². The molecule has 1 saturated carbocycles. The number of nitrogens with one attached hydrogen (secondary N) is 2. The van der Waals surface area contributed by atoms with Crippen LogP contribution in [0.25, 0.3) is 0 Å². The van der Waals surface area contributed by atoms with Crippen molar-refractivity contribution in [2.45, 2.75) is 44.7 Å². The van der Waals surface area contributed by atoms with E-state index in [2.05, 4.69) is 9.44 Å². The predicted molar refractivity (Wildman–Crippen MR) is 63.2 cm³/mol. The zero-order valence-electron chi connectivity index (χ0n) is 8.90. The number of hydrogen-bond donors (Lipinski definition) is 3. The Hall–Kier alpha value is 0.120. The van der Waals surface area contributed by atoms with Crippen molar-refractivity contribution in [3.63, 3.8) is 0 Å². The Balaban J connectivity index is 0.00000196. The van der Waals surface area contributed by atoms with Gasteiger partial charge in [0.2, 0.25) is 0 Å². The smallest absolute Gasteiger partial charge is 0.277 e. The fourth-order valence-electron chi connectivity index (χ4n) is 1.69. The molecule has 0 aromatic rings. The molecule has 0 aromatic heterocycles. The second-order valence-electron chi connectivity index (χ2n) is 3.73. The highest BCUT2D eigenvalue weighted by Gasteiger charge is 2.22. The minimum Gasteiger partial charge on any atom is -0.328 e. The number of nitrogens with two attached hydrogens (primary N) is 1. The highest BCUT2D eigenvalue weighted by molar-refractivity contribution is 7.87. The van der Waals surface area contributed by atoms with Gasteiger partial charge in [0.25, 0.3) is 10.2 Å². The van der Waals surface area contributed by atoms with Gasteiger partial charge in [-0.15, -0.1) is 12.4 Å². The van der Waals surface area contributed by atoms with E-state index in [1.54, 1.807) is 6.92 Å². The molecule has 0 unspecified atom stereocenters. The molecule has 0 heterocycles. The predicted octanol–water partition coefficient (Wildman–Crippen LogP) is 0.122. The molecule has 0 amide bonds. The van der Waals surface area contributed by atoms with E-state index in [0.29, 0.717) is 6.54 Å². The van der Waals surface area contributed by atoms with Gasteiger partial charge >= 0.3 is 0 Å². The first-order chi connectivity index (χ1) is 6.53. The summed E-state index contributed by atoms with van der Waals surface area (Å²) in [5.74, 6) is 0. The summed E-state index contributed by atoms with van der Waals surface area (Å²) in [5.41, 5.74) is 5.73. The average molecular weight is 258 g/mol. The Morgan fingerprint density at radius 3 is 2.27 bits per heavy atom. The molecule has 15 heavy (non-hydrogen) atoms. The van der Waals surface area contributed by atoms with Crippen LogP contribution in [-0.2, 0) is 10.2 Å². The van der Waals surface area contributed by atoms with E-state index in [0.717, 1.165) is 25.7 Å². The number of rotatable bonds is 4. The third kappa shape index (κ3) is 5.67. The average Bonchev–Trinajstić information content (AvgIpc) is 2.08. The summed E-state index contributed by atoms with van der Waals surface area (Å²) in [4.78, 5) is 0. The molecule has 0 radical (unpaired) electrons. The lowest BCUT2D eigenvalue weighted by atomic mass is 9.93. The summed E-state index contributed by atoms with van der Waals surface area (Å²) < 4.78 is 27.7. The zero-order valence-corrected chi connectivity index (χ0v) is 10.5. The summed E-state index contributed by atoms with van der Waals surface area (Å²) in [5, 5.41) is 0. The van der Waals surface area contributed by atoms with Crippen LogP contribution in [0.4, 0.5) is 0 Å². The molecular weight excluding hydrogens is 238 g/mol. The monoisotopic (exact) mass is 257 g/mol. The standard InChI is InChI=1S/C8H19N3O2S.ClH/c1-2-10-14(12,13)11-8-5-3-7(9)4-6-8;/h7-8,10-11H,2-6,9H2,1H3;1H. The molecule has 0 spiro atoms.